The molecule has 2 aromatic carbocycles. The predicted octanol–water partition coefficient (Wildman–Crippen LogP) is 4.99. The highest BCUT2D eigenvalue weighted by Gasteiger charge is 2.21. The molecule has 1 amide bonds. The molecule has 0 aliphatic rings. The van der Waals surface area contributed by atoms with E-state index < -0.39 is 11.0 Å². The minimum absolute atomic E-state index is 0.0973. The van der Waals surface area contributed by atoms with E-state index in [1.54, 1.807) is 36.4 Å². The molecule has 1 heterocycles. The molecule has 0 saturated heterocycles. The summed E-state index contributed by atoms with van der Waals surface area (Å²) in [6.07, 6.45) is 1.71. The Bertz CT molecular complexity index is 1150. The summed E-state index contributed by atoms with van der Waals surface area (Å²) < 4.78 is 10.9. The number of rotatable bonds is 7. The van der Waals surface area contributed by atoms with E-state index in [1.807, 2.05) is 26.8 Å². The molecule has 0 fully saturated rings. The third-order valence-corrected chi connectivity index (χ3v) is 4.84. The van der Waals surface area contributed by atoms with Gasteiger partial charge in [0.15, 0.2) is 12.4 Å². The Labute approximate surface area is 181 Å². The molecule has 3 rings (SSSR count). The normalized spacial score (nSPS) is 11.4. The van der Waals surface area contributed by atoms with Gasteiger partial charge in [0.1, 0.15) is 11.3 Å². The number of amides is 1. The summed E-state index contributed by atoms with van der Waals surface area (Å²) in [4.78, 5) is 36.3. The molecular weight excluding hydrogens is 394 g/mol. The molecule has 31 heavy (non-hydrogen) atoms. The van der Waals surface area contributed by atoms with Gasteiger partial charge in [-0.2, -0.15) is 0 Å². The Kier molecular flexibility index (Phi) is 6.59. The third-order valence-electron chi connectivity index (χ3n) is 4.84. The fourth-order valence-corrected chi connectivity index (χ4v) is 3.07. The predicted molar refractivity (Wildman–Crippen MR) is 121 cm³/mol. The largest absolute Gasteiger partial charge is 0.485 e. The summed E-state index contributed by atoms with van der Waals surface area (Å²) in [6, 6.07) is 13.4. The summed E-state index contributed by atoms with van der Waals surface area (Å²) in [6.45, 7) is 7.40. The van der Waals surface area contributed by atoms with Crippen LogP contribution in [0.4, 0.5) is 5.69 Å². The van der Waals surface area contributed by atoms with E-state index >= 15 is 0 Å². The molecule has 0 aliphatic carbocycles. The smallest absolute Gasteiger partial charge is 0.336 e. The van der Waals surface area contributed by atoms with Crippen LogP contribution in [0.5, 0.6) is 5.75 Å². The second-order valence-electron chi connectivity index (χ2n) is 8.49. The molecule has 0 atom stereocenters. The number of Topliss-reactive ketones (excluding diaryl/α,β-unsaturated/α-hetero) is 1. The van der Waals surface area contributed by atoms with Crippen molar-refractivity contribution in [1.82, 2.24) is 0 Å². The highest BCUT2D eigenvalue weighted by molar-refractivity contribution is 5.99. The maximum atomic E-state index is 12.5. The summed E-state index contributed by atoms with van der Waals surface area (Å²) in [5.74, 6) is 0.154. The van der Waals surface area contributed by atoms with Crippen molar-refractivity contribution in [1.29, 1.82) is 0 Å². The molecular formula is C25H27NO5. The zero-order valence-electron chi connectivity index (χ0n) is 18.3. The van der Waals surface area contributed by atoms with Crippen molar-refractivity contribution >= 4 is 28.3 Å². The molecule has 6 nitrogen and oxygen atoms in total. The minimum Gasteiger partial charge on any atom is -0.485 e. The van der Waals surface area contributed by atoms with E-state index in [0.29, 0.717) is 22.6 Å². The van der Waals surface area contributed by atoms with E-state index in [1.165, 1.54) is 6.07 Å². The third kappa shape index (κ3) is 5.60. The highest BCUT2D eigenvalue weighted by Crippen LogP contribution is 2.24. The van der Waals surface area contributed by atoms with Crippen molar-refractivity contribution in [2.75, 3.05) is 11.9 Å². The lowest BCUT2D eigenvalue weighted by molar-refractivity contribution is -0.123. The van der Waals surface area contributed by atoms with E-state index in [2.05, 4.69) is 12.2 Å². The van der Waals surface area contributed by atoms with Crippen LogP contribution >= 0.6 is 0 Å². The number of hydrogen-bond donors (Lipinski definition) is 1. The SMILES string of the molecule is CCCc1cc(=O)oc2cc(OCC(=O)c3ccc(NC(=O)C(C)(C)C)cc3)ccc12. The Morgan fingerprint density at radius 2 is 1.74 bits per heavy atom. The van der Waals surface area contributed by atoms with Crippen molar-refractivity contribution < 1.29 is 18.7 Å². The lowest BCUT2D eigenvalue weighted by atomic mass is 9.95. The number of hydrogen-bond acceptors (Lipinski definition) is 5. The summed E-state index contributed by atoms with van der Waals surface area (Å²) in [5, 5.41) is 3.69. The first kappa shape index (κ1) is 22.3. The number of aryl methyl sites for hydroxylation is 1. The van der Waals surface area contributed by atoms with Crippen LogP contribution in [0.3, 0.4) is 0 Å². The number of nitrogens with one attached hydrogen (secondary N) is 1. The highest BCUT2D eigenvalue weighted by atomic mass is 16.5. The number of ether oxygens (including phenoxy) is 1. The lowest BCUT2D eigenvalue weighted by Gasteiger charge is -2.17. The van der Waals surface area contributed by atoms with Gasteiger partial charge in [-0.1, -0.05) is 34.1 Å². The molecule has 0 aliphatic heterocycles. The summed E-state index contributed by atoms with van der Waals surface area (Å²) >= 11 is 0. The lowest BCUT2D eigenvalue weighted by Crippen LogP contribution is -2.27. The van der Waals surface area contributed by atoms with Crippen LogP contribution in [0.25, 0.3) is 11.0 Å². The van der Waals surface area contributed by atoms with Crippen molar-refractivity contribution in [3.05, 3.63) is 70.1 Å². The molecule has 0 spiro atoms. The van der Waals surface area contributed by atoms with Gasteiger partial charge in [-0.25, -0.2) is 4.79 Å². The quantitative estimate of drug-likeness (QED) is 0.429. The van der Waals surface area contributed by atoms with Crippen LogP contribution in [-0.2, 0) is 11.2 Å². The topological polar surface area (TPSA) is 85.6 Å². The zero-order valence-corrected chi connectivity index (χ0v) is 18.3. The van der Waals surface area contributed by atoms with Crippen molar-refractivity contribution in [2.45, 2.75) is 40.5 Å². The van der Waals surface area contributed by atoms with Crippen LogP contribution in [0.1, 0.15) is 50.0 Å². The van der Waals surface area contributed by atoms with Crippen molar-refractivity contribution in [2.24, 2.45) is 5.41 Å². The van der Waals surface area contributed by atoms with E-state index in [9.17, 15) is 14.4 Å². The van der Waals surface area contributed by atoms with E-state index in [-0.39, 0.29) is 18.3 Å². The van der Waals surface area contributed by atoms with Gasteiger partial charge in [-0.15, -0.1) is 0 Å². The Hall–Kier alpha value is -3.41. The van der Waals surface area contributed by atoms with Crippen molar-refractivity contribution in [3.63, 3.8) is 0 Å². The zero-order chi connectivity index (χ0) is 22.6. The Balaban J connectivity index is 1.67. The monoisotopic (exact) mass is 421 g/mol. The number of carbonyl (C=O) groups is 2. The molecule has 0 saturated carbocycles. The van der Waals surface area contributed by atoms with Gasteiger partial charge in [0, 0.05) is 34.2 Å². The maximum Gasteiger partial charge on any atom is 0.336 e. The molecule has 1 N–H and O–H groups in total. The van der Waals surface area contributed by atoms with E-state index in [4.69, 9.17) is 9.15 Å². The van der Waals surface area contributed by atoms with Gasteiger partial charge >= 0.3 is 5.63 Å². The second-order valence-corrected chi connectivity index (χ2v) is 8.49. The van der Waals surface area contributed by atoms with Gasteiger partial charge in [-0.05, 0) is 48.4 Å². The average molecular weight is 421 g/mol. The number of benzene rings is 2. The molecule has 0 unspecified atom stereocenters. The first-order valence-corrected chi connectivity index (χ1v) is 10.3. The van der Waals surface area contributed by atoms with Gasteiger partial charge in [0.05, 0.1) is 0 Å². The summed E-state index contributed by atoms with van der Waals surface area (Å²) in [7, 11) is 0. The molecule has 0 radical (unpaired) electrons. The molecule has 0 bridgehead atoms. The molecule has 6 heteroatoms. The fraction of sp³-hybridized carbons (Fsp3) is 0.320. The summed E-state index contributed by atoms with van der Waals surface area (Å²) in [5.41, 5.74) is 1.59. The van der Waals surface area contributed by atoms with Gasteiger partial charge in [0.25, 0.3) is 0 Å². The fourth-order valence-electron chi connectivity index (χ4n) is 3.07. The van der Waals surface area contributed by atoms with Crippen LogP contribution in [0.15, 0.2) is 57.7 Å². The van der Waals surface area contributed by atoms with Gasteiger partial charge in [0.2, 0.25) is 5.91 Å². The van der Waals surface area contributed by atoms with Crippen molar-refractivity contribution in [3.8, 4) is 5.75 Å². The number of ketones is 1. The standard InChI is InChI=1S/C25H27NO5/c1-5-6-17-13-23(28)31-22-14-19(11-12-20(17)22)30-15-21(27)16-7-9-18(10-8-16)26-24(29)25(2,3)4/h7-14H,5-6,15H2,1-4H3,(H,26,29). The Morgan fingerprint density at radius 3 is 2.39 bits per heavy atom. The Morgan fingerprint density at radius 1 is 1.03 bits per heavy atom. The first-order chi connectivity index (χ1) is 14.7. The molecule has 162 valence electrons. The second kappa shape index (κ2) is 9.16. The average Bonchev–Trinajstić information content (AvgIpc) is 2.71. The van der Waals surface area contributed by atoms with Crippen LogP contribution in [0, 0.1) is 5.41 Å². The van der Waals surface area contributed by atoms with Crippen LogP contribution in [0.2, 0.25) is 0 Å². The maximum absolute atomic E-state index is 12.5. The van der Waals surface area contributed by atoms with Gasteiger partial charge < -0.3 is 14.5 Å². The first-order valence-electron chi connectivity index (χ1n) is 10.3. The van der Waals surface area contributed by atoms with Gasteiger partial charge in [-0.3, -0.25) is 9.59 Å². The van der Waals surface area contributed by atoms with Crippen LogP contribution < -0.4 is 15.7 Å². The molecule has 1 aromatic heterocycles. The number of anilines is 1. The molecule has 3 aromatic rings. The number of carbonyl (C=O) groups excluding carboxylic acids is 2. The minimum atomic E-state index is -0.501. The van der Waals surface area contributed by atoms with Crippen LogP contribution in [-0.4, -0.2) is 18.3 Å². The number of fused-ring (bicyclic) bond motifs is 1. The van der Waals surface area contributed by atoms with E-state index in [0.717, 1.165) is 23.8 Å².